The van der Waals surface area contributed by atoms with Crippen molar-refractivity contribution in [2.75, 3.05) is 32.8 Å². The van der Waals surface area contributed by atoms with E-state index >= 15 is 0 Å². The largest absolute Gasteiger partial charge is 0.384 e. The van der Waals surface area contributed by atoms with Gasteiger partial charge in [0.1, 0.15) is 12.4 Å². The molecule has 0 saturated carbocycles. The summed E-state index contributed by atoms with van der Waals surface area (Å²) in [6.07, 6.45) is 0. The van der Waals surface area contributed by atoms with Crippen LogP contribution in [0.15, 0.2) is 18.2 Å². The summed E-state index contributed by atoms with van der Waals surface area (Å²) in [5.74, 6) is 4.99. The highest BCUT2D eigenvalue weighted by Gasteiger charge is 2.19. The van der Waals surface area contributed by atoms with E-state index in [9.17, 15) is 9.18 Å². The summed E-state index contributed by atoms with van der Waals surface area (Å²) in [4.78, 5) is 15.2. The van der Waals surface area contributed by atoms with Gasteiger partial charge >= 0.3 is 0 Å². The average Bonchev–Trinajstić information content (AvgIpc) is 2.48. The summed E-state index contributed by atoms with van der Waals surface area (Å²) in [5, 5.41) is 8.63. The zero-order chi connectivity index (χ0) is 15.2. The number of rotatable bonds is 2. The Balaban J connectivity index is 1.96. The molecule has 1 fully saturated rings. The van der Waals surface area contributed by atoms with Gasteiger partial charge in [0.05, 0.1) is 0 Å². The van der Waals surface area contributed by atoms with E-state index in [4.69, 9.17) is 5.11 Å². The third-order valence-electron chi connectivity index (χ3n) is 3.58. The first kappa shape index (κ1) is 15.5. The van der Waals surface area contributed by atoms with Gasteiger partial charge in [-0.3, -0.25) is 9.69 Å². The van der Waals surface area contributed by atoms with E-state index in [1.54, 1.807) is 24.0 Å². The number of amides is 1. The molecule has 1 saturated heterocycles. The molecule has 1 aliphatic heterocycles. The van der Waals surface area contributed by atoms with Gasteiger partial charge < -0.3 is 10.0 Å². The molecule has 1 N–H and O–H groups in total. The molecule has 1 amide bonds. The van der Waals surface area contributed by atoms with E-state index in [0.717, 1.165) is 13.1 Å². The fourth-order valence-corrected chi connectivity index (χ4v) is 2.36. The van der Waals surface area contributed by atoms with Gasteiger partial charge in [0, 0.05) is 50.8 Å². The van der Waals surface area contributed by atoms with Gasteiger partial charge in [0.25, 0.3) is 0 Å². The number of carbonyl (C=O) groups is 1. The molecular weight excluding hydrogens is 271 g/mol. The molecule has 0 atom stereocenters. The standard InChI is InChI=1S/C16H19FN2O2/c1-13(21)19-8-6-18(7-9-19)12-15-5-4-14(3-2-10-20)11-16(15)17/h4-5,11,20H,6-10,12H2,1H3. The van der Waals surface area contributed by atoms with Gasteiger partial charge in [-0.1, -0.05) is 17.9 Å². The third-order valence-corrected chi connectivity index (χ3v) is 3.58. The number of hydrogen-bond donors (Lipinski definition) is 1. The van der Waals surface area contributed by atoms with Gasteiger partial charge in [0.2, 0.25) is 5.91 Å². The average molecular weight is 290 g/mol. The SMILES string of the molecule is CC(=O)N1CCN(Cc2ccc(C#CCO)cc2F)CC1. The van der Waals surface area contributed by atoms with E-state index < -0.39 is 0 Å². The molecule has 21 heavy (non-hydrogen) atoms. The van der Waals surface area contributed by atoms with Crippen molar-refractivity contribution < 1.29 is 14.3 Å². The van der Waals surface area contributed by atoms with Crippen molar-refractivity contribution in [2.45, 2.75) is 13.5 Å². The van der Waals surface area contributed by atoms with Crippen molar-refractivity contribution in [3.63, 3.8) is 0 Å². The van der Waals surface area contributed by atoms with Gasteiger partial charge in [-0.05, 0) is 12.1 Å². The van der Waals surface area contributed by atoms with Crippen LogP contribution in [-0.2, 0) is 11.3 Å². The van der Waals surface area contributed by atoms with Crippen LogP contribution < -0.4 is 0 Å². The fourth-order valence-electron chi connectivity index (χ4n) is 2.36. The Morgan fingerprint density at radius 3 is 2.62 bits per heavy atom. The Morgan fingerprint density at radius 2 is 2.05 bits per heavy atom. The van der Waals surface area contributed by atoms with E-state index in [-0.39, 0.29) is 18.3 Å². The van der Waals surface area contributed by atoms with Crippen LogP contribution in [0.2, 0.25) is 0 Å². The summed E-state index contributed by atoms with van der Waals surface area (Å²) in [6.45, 7) is 4.76. The molecule has 0 radical (unpaired) electrons. The lowest BCUT2D eigenvalue weighted by Gasteiger charge is -2.34. The second-order valence-corrected chi connectivity index (χ2v) is 5.05. The number of piperazine rings is 1. The molecule has 0 unspecified atom stereocenters. The number of carbonyl (C=O) groups excluding carboxylic acids is 1. The summed E-state index contributed by atoms with van der Waals surface area (Å²) in [6, 6.07) is 4.88. The fraction of sp³-hybridized carbons (Fsp3) is 0.438. The maximum absolute atomic E-state index is 14.0. The zero-order valence-corrected chi connectivity index (χ0v) is 12.1. The van der Waals surface area contributed by atoms with Crippen LogP contribution in [0, 0.1) is 17.7 Å². The third kappa shape index (κ3) is 4.28. The van der Waals surface area contributed by atoms with Crippen molar-refractivity contribution in [3.8, 4) is 11.8 Å². The Kier molecular flexibility index (Phi) is 5.32. The van der Waals surface area contributed by atoms with Gasteiger partial charge in [0.15, 0.2) is 0 Å². The van der Waals surface area contributed by atoms with E-state index in [2.05, 4.69) is 16.7 Å². The highest BCUT2D eigenvalue weighted by molar-refractivity contribution is 5.73. The molecule has 1 aliphatic rings. The topological polar surface area (TPSA) is 43.8 Å². The Bertz CT molecular complexity index is 569. The van der Waals surface area contributed by atoms with Crippen LogP contribution in [-0.4, -0.2) is 53.6 Å². The van der Waals surface area contributed by atoms with Crippen LogP contribution >= 0.6 is 0 Å². The lowest BCUT2D eigenvalue weighted by Crippen LogP contribution is -2.47. The lowest BCUT2D eigenvalue weighted by molar-refractivity contribution is -0.130. The first-order chi connectivity index (χ1) is 10.1. The molecular formula is C16H19FN2O2. The van der Waals surface area contributed by atoms with Crippen molar-refractivity contribution in [2.24, 2.45) is 0 Å². The summed E-state index contributed by atoms with van der Waals surface area (Å²) in [7, 11) is 0. The predicted octanol–water partition coefficient (Wildman–Crippen LogP) is 0.834. The van der Waals surface area contributed by atoms with Crippen molar-refractivity contribution in [1.29, 1.82) is 0 Å². The van der Waals surface area contributed by atoms with Gasteiger partial charge in [-0.25, -0.2) is 4.39 Å². The first-order valence-corrected chi connectivity index (χ1v) is 6.96. The molecule has 112 valence electrons. The molecule has 0 aromatic heterocycles. The monoisotopic (exact) mass is 290 g/mol. The number of aliphatic hydroxyl groups is 1. The Labute approximate surface area is 124 Å². The summed E-state index contributed by atoms with van der Waals surface area (Å²) >= 11 is 0. The highest BCUT2D eigenvalue weighted by atomic mass is 19.1. The molecule has 0 bridgehead atoms. The predicted molar refractivity (Wildman–Crippen MR) is 77.9 cm³/mol. The Morgan fingerprint density at radius 1 is 1.33 bits per heavy atom. The minimum Gasteiger partial charge on any atom is -0.384 e. The second-order valence-electron chi connectivity index (χ2n) is 5.05. The van der Waals surface area contributed by atoms with Gasteiger partial charge in [-0.15, -0.1) is 0 Å². The summed E-state index contributed by atoms with van der Waals surface area (Å²) < 4.78 is 14.0. The number of aliphatic hydroxyl groups excluding tert-OH is 1. The van der Waals surface area contributed by atoms with Crippen molar-refractivity contribution >= 4 is 5.91 Å². The van der Waals surface area contributed by atoms with Crippen LogP contribution in [0.1, 0.15) is 18.1 Å². The molecule has 5 heteroatoms. The van der Waals surface area contributed by atoms with E-state index in [1.807, 2.05) is 0 Å². The maximum atomic E-state index is 14.0. The lowest BCUT2D eigenvalue weighted by atomic mass is 10.1. The van der Waals surface area contributed by atoms with Gasteiger partial charge in [-0.2, -0.15) is 0 Å². The second kappa shape index (κ2) is 7.21. The number of hydrogen-bond acceptors (Lipinski definition) is 3. The Hall–Kier alpha value is -1.90. The van der Waals surface area contributed by atoms with Crippen LogP contribution in [0.5, 0.6) is 0 Å². The first-order valence-electron chi connectivity index (χ1n) is 6.96. The molecule has 1 heterocycles. The summed E-state index contributed by atoms with van der Waals surface area (Å²) in [5.41, 5.74) is 1.19. The van der Waals surface area contributed by atoms with Crippen LogP contribution in [0.25, 0.3) is 0 Å². The number of benzene rings is 1. The molecule has 0 spiro atoms. The van der Waals surface area contributed by atoms with Crippen LogP contribution in [0.3, 0.4) is 0 Å². The molecule has 1 aromatic rings. The van der Waals surface area contributed by atoms with Crippen molar-refractivity contribution in [1.82, 2.24) is 9.80 Å². The van der Waals surface area contributed by atoms with Crippen LogP contribution in [0.4, 0.5) is 4.39 Å². The molecule has 4 nitrogen and oxygen atoms in total. The zero-order valence-electron chi connectivity index (χ0n) is 12.1. The molecule has 2 rings (SSSR count). The maximum Gasteiger partial charge on any atom is 0.219 e. The smallest absolute Gasteiger partial charge is 0.219 e. The van der Waals surface area contributed by atoms with E-state index in [1.165, 1.54) is 6.07 Å². The minimum atomic E-state index is -0.284. The number of halogens is 1. The molecule has 0 aliphatic carbocycles. The quantitative estimate of drug-likeness (QED) is 0.821. The number of nitrogens with zero attached hydrogens (tertiary/aromatic N) is 2. The molecule has 1 aromatic carbocycles. The van der Waals surface area contributed by atoms with Crippen molar-refractivity contribution in [3.05, 3.63) is 35.1 Å². The van der Waals surface area contributed by atoms with E-state index in [0.29, 0.717) is 30.8 Å². The highest BCUT2D eigenvalue weighted by Crippen LogP contribution is 2.14. The normalized spacial score (nSPS) is 15.5. The minimum absolute atomic E-state index is 0.0904.